The van der Waals surface area contributed by atoms with E-state index in [1.807, 2.05) is 30.3 Å². The lowest BCUT2D eigenvalue weighted by Crippen LogP contribution is -2.41. The molecular formula is C18H21N3O5S. The first-order valence-corrected chi connectivity index (χ1v) is 9.95. The maximum atomic E-state index is 12.6. The van der Waals surface area contributed by atoms with Gasteiger partial charge in [-0.25, -0.2) is 8.42 Å². The second-order valence-electron chi connectivity index (χ2n) is 6.18. The number of carbonyl (C=O) groups is 1. The number of carbonyl (C=O) groups excluding carboxylic acids is 1. The van der Waals surface area contributed by atoms with Gasteiger partial charge in [0, 0.05) is 19.7 Å². The van der Waals surface area contributed by atoms with Crippen molar-refractivity contribution in [2.75, 3.05) is 24.2 Å². The number of amides is 1. The number of nitro groups is 1. The molecule has 0 saturated heterocycles. The summed E-state index contributed by atoms with van der Waals surface area (Å²) in [6, 6.07) is 13.4. The second kappa shape index (κ2) is 8.17. The number of hydrogen-bond acceptors (Lipinski definition) is 5. The molecule has 0 atom stereocenters. The molecule has 0 radical (unpaired) electrons. The number of likely N-dealkylation sites (N-methyl/N-ethyl adjacent to an activating group) is 1. The second-order valence-corrected chi connectivity index (χ2v) is 8.09. The predicted molar refractivity (Wildman–Crippen MR) is 103 cm³/mol. The molecule has 0 bridgehead atoms. The van der Waals surface area contributed by atoms with Crippen molar-refractivity contribution in [3.8, 4) is 0 Å². The maximum absolute atomic E-state index is 12.6. The smallest absolute Gasteiger partial charge is 0.274 e. The first-order valence-electron chi connectivity index (χ1n) is 8.11. The van der Waals surface area contributed by atoms with Crippen LogP contribution in [0.4, 0.5) is 11.4 Å². The molecule has 0 aromatic heterocycles. The van der Waals surface area contributed by atoms with Crippen molar-refractivity contribution in [1.82, 2.24) is 4.90 Å². The lowest BCUT2D eigenvalue weighted by atomic mass is 10.1. The Labute approximate surface area is 158 Å². The molecule has 144 valence electrons. The van der Waals surface area contributed by atoms with E-state index < -0.39 is 27.4 Å². The van der Waals surface area contributed by atoms with Gasteiger partial charge in [-0.1, -0.05) is 36.4 Å². The van der Waals surface area contributed by atoms with Crippen molar-refractivity contribution in [3.05, 3.63) is 69.8 Å². The molecule has 27 heavy (non-hydrogen) atoms. The van der Waals surface area contributed by atoms with Crippen LogP contribution in [0, 0.1) is 17.0 Å². The largest absolute Gasteiger partial charge is 0.340 e. The third-order valence-electron chi connectivity index (χ3n) is 4.11. The highest BCUT2D eigenvalue weighted by molar-refractivity contribution is 7.92. The molecule has 2 rings (SSSR count). The van der Waals surface area contributed by atoms with Crippen molar-refractivity contribution >= 4 is 27.3 Å². The molecule has 8 nitrogen and oxygen atoms in total. The van der Waals surface area contributed by atoms with Gasteiger partial charge in [-0.2, -0.15) is 0 Å². The molecule has 2 aromatic rings. The zero-order valence-corrected chi connectivity index (χ0v) is 16.1. The van der Waals surface area contributed by atoms with Crippen LogP contribution in [0.25, 0.3) is 0 Å². The van der Waals surface area contributed by atoms with Crippen LogP contribution in [-0.2, 0) is 21.4 Å². The summed E-state index contributed by atoms with van der Waals surface area (Å²) in [7, 11) is -2.24. The van der Waals surface area contributed by atoms with Crippen molar-refractivity contribution in [3.63, 3.8) is 0 Å². The van der Waals surface area contributed by atoms with Crippen LogP contribution in [0.3, 0.4) is 0 Å². The number of hydrogen-bond donors (Lipinski definition) is 0. The summed E-state index contributed by atoms with van der Waals surface area (Å²) >= 11 is 0. The molecule has 0 fully saturated rings. The first kappa shape index (κ1) is 20.4. The van der Waals surface area contributed by atoms with Crippen LogP contribution in [-0.4, -0.2) is 44.0 Å². The molecule has 0 unspecified atom stereocenters. The number of nitrogens with zero attached hydrogens (tertiary/aromatic N) is 3. The number of nitro benzene ring substituents is 1. The van der Waals surface area contributed by atoms with E-state index in [2.05, 4.69) is 0 Å². The Balaban J connectivity index is 2.30. The van der Waals surface area contributed by atoms with Crippen LogP contribution in [0.2, 0.25) is 0 Å². The molecule has 0 aliphatic rings. The van der Waals surface area contributed by atoms with Gasteiger partial charge in [-0.15, -0.1) is 0 Å². The normalized spacial score (nSPS) is 11.1. The van der Waals surface area contributed by atoms with Crippen molar-refractivity contribution < 1.29 is 18.1 Å². The van der Waals surface area contributed by atoms with Crippen LogP contribution in [0.15, 0.2) is 48.5 Å². The van der Waals surface area contributed by atoms with Gasteiger partial charge >= 0.3 is 0 Å². The molecule has 0 N–H and O–H groups in total. The monoisotopic (exact) mass is 391 g/mol. The Bertz CT molecular complexity index is 945. The van der Waals surface area contributed by atoms with E-state index in [1.165, 1.54) is 30.0 Å². The molecule has 2 aromatic carbocycles. The van der Waals surface area contributed by atoms with E-state index in [0.717, 1.165) is 16.1 Å². The zero-order chi connectivity index (χ0) is 20.2. The average Bonchev–Trinajstić information content (AvgIpc) is 2.59. The molecule has 0 spiro atoms. The molecule has 9 heteroatoms. The topological polar surface area (TPSA) is 101 Å². The van der Waals surface area contributed by atoms with Crippen LogP contribution >= 0.6 is 0 Å². The Morgan fingerprint density at radius 2 is 1.74 bits per heavy atom. The molecule has 1 amide bonds. The summed E-state index contributed by atoms with van der Waals surface area (Å²) in [5, 5.41) is 11.1. The lowest BCUT2D eigenvalue weighted by molar-refractivity contribution is -0.385. The fourth-order valence-corrected chi connectivity index (χ4v) is 3.55. The average molecular weight is 391 g/mol. The standard InChI is InChI=1S/C18H21N3O5S/c1-14-16(10-7-11-17(14)21(23)24)20(27(3,25)26)13-18(22)19(2)12-15-8-5-4-6-9-15/h4-11H,12-13H2,1-3H3. The molecule has 0 saturated carbocycles. The SMILES string of the molecule is Cc1c(N(CC(=O)N(C)Cc2ccccc2)S(C)(=O)=O)cccc1[N+](=O)[O-]. The van der Waals surface area contributed by atoms with Gasteiger partial charge in [0.25, 0.3) is 5.69 Å². The number of benzene rings is 2. The van der Waals surface area contributed by atoms with E-state index in [-0.39, 0.29) is 16.9 Å². The quantitative estimate of drug-likeness (QED) is 0.533. The van der Waals surface area contributed by atoms with Gasteiger partial charge in [0.1, 0.15) is 6.54 Å². The summed E-state index contributed by atoms with van der Waals surface area (Å²) in [5.41, 5.74) is 1.01. The van der Waals surface area contributed by atoms with Gasteiger partial charge in [-0.05, 0) is 18.6 Å². The Morgan fingerprint density at radius 1 is 1.11 bits per heavy atom. The Hall–Kier alpha value is -2.94. The minimum absolute atomic E-state index is 0.119. The third kappa shape index (κ3) is 5.04. The first-order chi connectivity index (χ1) is 12.6. The summed E-state index contributed by atoms with van der Waals surface area (Å²) in [5.74, 6) is -0.421. The summed E-state index contributed by atoms with van der Waals surface area (Å²) < 4.78 is 25.4. The number of rotatable bonds is 7. The van der Waals surface area contributed by atoms with E-state index in [9.17, 15) is 23.3 Å². The highest BCUT2D eigenvalue weighted by Crippen LogP contribution is 2.29. The van der Waals surface area contributed by atoms with Crippen molar-refractivity contribution in [2.45, 2.75) is 13.5 Å². The highest BCUT2D eigenvalue weighted by atomic mass is 32.2. The fraction of sp³-hybridized carbons (Fsp3) is 0.278. The van der Waals surface area contributed by atoms with Gasteiger partial charge in [-0.3, -0.25) is 19.2 Å². The van der Waals surface area contributed by atoms with E-state index in [0.29, 0.717) is 6.54 Å². The van der Waals surface area contributed by atoms with Crippen molar-refractivity contribution in [1.29, 1.82) is 0 Å². The van der Waals surface area contributed by atoms with E-state index in [4.69, 9.17) is 0 Å². The minimum Gasteiger partial charge on any atom is -0.340 e. The minimum atomic E-state index is -3.82. The Morgan fingerprint density at radius 3 is 2.30 bits per heavy atom. The lowest BCUT2D eigenvalue weighted by Gasteiger charge is -2.26. The van der Waals surface area contributed by atoms with Crippen LogP contribution in [0.1, 0.15) is 11.1 Å². The van der Waals surface area contributed by atoms with Crippen LogP contribution < -0.4 is 4.31 Å². The van der Waals surface area contributed by atoms with Gasteiger partial charge in [0.2, 0.25) is 15.9 Å². The summed E-state index contributed by atoms with van der Waals surface area (Å²) in [4.78, 5) is 24.6. The molecule has 0 aliphatic carbocycles. The van der Waals surface area contributed by atoms with E-state index >= 15 is 0 Å². The molecule has 0 heterocycles. The number of anilines is 1. The maximum Gasteiger partial charge on any atom is 0.274 e. The zero-order valence-electron chi connectivity index (χ0n) is 15.3. The summed E-state index contributed by atoms with van der Waals surface area (Å²) in [6.07, 6.45) is 0.968. The predicted octanol–water partition coefficient (Wildman–Crippen LogP) is 2.33. The molecular weight excluding hydrogens is 370 g/mol. The van der Waals surface area contributed by atoms with Gasteiger partial charge in [0.05, 0.1) is 22.4 Å². The Kier molecular flexibility index (Phi) is 6.17. The fourth-order valence-electron chi connectivity index (χ4n) is 2.65. The van der Waals surface area contributed by atoms with Gasteiger partial charge in [0.15, 0.2) is 0 Å². The number of sulfonamides is 1. The van der Waals surface area contributed by atoms with Crippen LogP contribution in [0.5, 0.6) is 0 Å². The van der Waals surface area contributed by atoms with Crippen molar-refractivity contribution in [2.24, 2.45) is 0 Å². The molecule has 0 aliphatic heterocycles. The van der Waals surface area contributed by atoms with E-state index in [1.54, 1.807) is 7.05 Å². The highest BCUT2D eigenvalue weighted by Gasteiger charge is 2.26. The third-order valence-corrected chi connectivity index (χ3v) is 5.24. The summed E-state index contributed by atoms with van der Waals surface area (Å²) in [6.45, 7) is 1.35. The van der Waals surface area contributed by atoms with Gasteiger partial charge < -0.3 is 4.90 Å².